The zero-order valence-corrected chi connectivity index (χ0v) is 15.7. The van der Waals surface area contributed by atoms with Crippen molar-refractivity contribution in [2.45, 2.75) is 51.9 Å². The Balaban J connectivity index is 1.55. The average Bonchev–Trinajstić information content (AvgIpc) is 3.14. The lowest BCUT2D eigenvalue weighted by molar-refractivity contribution is 0.154. The Hall–Kier alpha value is -1.37. The van der Waals surface area contributed by atoms with E-state index in [1.165, 1.54) is 37.1 Å². The Morgan fingerprint density at radius 3 is 2.38 bits per heavy atom. The molecule has 7 heteroatoms. The van der Waals surface area contributed by atoms with Crippen LogP contribution in [0.25, 0.3) is 0 Å². The van der Waals surface area contributed by atoms with Crippen LogP contribution in [-0.4, -0.2) is 65.3 Å². The first kappa shape index (κ1) is 17.5. The SMILES string of the molecule is CCN(CC)C(=O)N1CCN(c2nnc(C3CCCCC3)s2)CC1. The van der Waals surface area contributed by atoms with Gasteiger partial charge in [-0.3, -0.25) is 0 Å². The van der Waals surface area contributed by atoms with Crippen LogP contribution in [0.4, 0.5) is 9.93 Å². The molecule has 1 aromatic rings. The smallest absolute Gasteiger partial charge is 0.320 e. The summed E-state index contributed by atoms with van der Waals surface area (Å²) in [5, 5.41) is 11.1. The van der Waals surface area contributed by atoms with E-state index in [1.807, 2.05) is 23.6 Å². The quantitative estimate of drug-likeness (QED) is 0.836. The van der Waals surface area contributed by atoms with Crippen molar-refractivity contribution in [1.29, 1.82) is 0 Å². The number of hydrogen-bond acceptors (Lipinski definition) is 5. The second kappa shape index (κ2) is 8.14. The lowest BCUT2D eigenvalue weighted by Gasteiger charge is -2.36. The fourth-order valence-electron chi connectivity index (χ4n) is 3.65. The van der Waals surface area contributed by atoms with Crippen molar-refractivity contribution in [2.24, 2.45) is 0 Å². The summed E-state index contributed by atoms with van der Waals surface area (Å²) in [7, 11) is 0. The van der Waals surface area contributed by atoms with Gasteiger partial charge >= 0.3 is 6.03 Å². The first-order valence-electron chi connectivity index (χ1n) is 9.35. The zero-order valence-electron chi connectivity index (χ0n) is 14.9. The van der Waals surface area contributed by atoms with Gasteiger partial charge in [0.1, 0.15) is 5.01 Å². The molecule has 3 rings (SSSR count). The molecule has 6 nitrogen and oxygen atoms in total. The molecule has 24 heavy (non-hydrogen) atoms. The predicted molar refractivity (Wildman–Crippen MR) is 97.8 cm³/mol. The molecule has 2 amide bonds. The molecule has 0 atom stereocenters. The van der Waals surface area contributed by atoms with E-state index in [-0.39, 0.29) is 6.03 Å². The number of rotatable bonds is 4. The fraction of sp³-hybridized carbons (Fsp3) is 0.824. The molecule has 0 N–H and O–H groups in total. The number of amides is 2. The zero-order chi connectivity index (χ0) is 16.9. The molecule has 1 aliphatic carbocycles. The number of nitrogens with zero attached hydrogens (tertiary/aromatic N) is 5. The molecule has 1 saturated carbocycles. The van der Waals surface area contributed by atoms with Gasteiger partial charge in [0, 0.05) is 45.2 Å². The Kier molecular flexibility index (Phi) is 5.92. The van der Waals surface area contributed by atoms with Crippen molar-refractivity contribution in [3.8, 4) is 0 Å². The molecule has 2 aliphatic rings. The molecule has 1 saturated heterocycles. The third-order valence-electron chi connectivity index (χ3n) is 5.24. The summed E-state index contributed by atoms with van der Waals surface area (Å²) < 4.78 is 0. The van der Waals surface area contributed by atoms with Crippen molar-refractivity contribution in [3.63, 3.8) is 0 Å². The van der Waals surface area contributed by atoms with Crippen molar-refractivity contribution in [3.05, 3.63) is 5.01 Å². The number of urea groups is 1. The normalized spacial score (nSPS) is 19.6. The standard InChI is InChI=1S/C17H29N5OS/c1-3-20(4-2)17(23)22-12-10-21(11-13-22)16-19-18-15(24-16)14-8-6-5-7-9-14/h14H,3-13H2,1-2H3. The van der Waals surface area contributed by atoms with E-state index in [0.29, 0.717) is 5.92 Å². The Bertz CT molecular complexity index is 531. The highest BCUT2D eigenvalue weighted by Gasteiger charge is 2.26. The van der Waals surface area contributed by atoms with Gasteiger partial charge in [0.15, 0.2) is 0 Å². The number of anilines is 1. The van der Waals surface area contributed by atoms with Gasteiger partial charge < -0.3 is 14.7 Å². The van der Waals surface area contributed by atoms with E-state index in [4.69, 9.17) is 0 Å². The Morgan fingerprint density at radius 2 is 1.75 bits per heavy atom. The summed E-state index contributed by atoms with van der Waals surface area (Å²) in [5.74, 6) is 0.621. The number of carbonyl (C=O) groups is 1. The number of hydrogen-bond donors (Lipinski definition) is 0. The maximum atomic E-state index is 12.4. The van der Waals surface area contributed by atoms with Gasteiger partial charge in [-0.1, -0.05) is 30.6 Å². The molecule has 0 spiro atoms. The molecule has 0 aromatic carbocycles. The van der Waals surface area contributed by atoms with Gasteiger partial charge in [0.25, 0.3) is 0 Å². The van der Waals surface area contributed by atoms with Crippen LogP contribution in [0.3, 0.4) is 0 Å². The summed E-state index contributed by atoms with van der Waals surface area (Å²) in [6, 6.07) is 0.166. The third kappa shape index (κ3) is 3.82. The van der Waals surface area contributed by atoms with Crippen LogP contribution in [0.1, 0.15) is 56.9 Å². The summed E-state index contributed by atoms with van der Waals surface area (Å²) in [6.07, 6.45) is 6.55. The molecule has 0 radical (unpaired) electrons. The third-order valence-corrected chi connectivity index (χ3v) is 6.39. The monoisotopic (exact) mass is 351 g/mol. The van der Waals surface area contributed by atoms with Gasteiger partial charge in [-0.15, -0.1) is 10.2 Å². The van der Waals surface area contributed by atoms with Crippen molar-refractivity contribution in [2.75, 3.05) is 44.2 Å². The predicted octanol–water partition coefficient (Wildman–Crippen LogP) is 3.17. The lowest BCUT2D eigenvalue weighted by Crippen LogP contribution is -2.52. The molecule has 2 fully saturated rings. The first-order valence-corrected chi connectivity index (χ1v) is 10.2. The van der Waals surface area contributed by atoms with E-state index in [2.05, 4.69) is 15.1 Å². The minimum absolute atomic E-state index is 0.166. The topological polar surface area (TPSA) is 52.6 Å². The first-order chi connectivity index (χ1) is 11.7. The van der Waals surface area contributed by atoms with Gasteiger partial charge in [-0.25, -0.2) is 4.79 Å². The van der Waals surface area contributed by atoms with E-state index in [1.54, 1.807) is 11.3 Å². The second-order valence-electron chi connectivity index (χ2n) is 6.69. The van der Waals surface area contributed by atoms with Crippen molar-refractivity contribution >= 4 is 22.5 Å². The Labute approximate surface area is 148 Å². The van der Waals surface area contributed by atoms with Crippen LogP contribution in [-0.2, 0) is 0 Å². The molecule has 2 heterocycles. The number of piperazine rings is 1. The van der Waals surface area contributed by atoms with Gasteiger partial charge in [0.05, 0.1) is 0 Å². The highest BCUT2D eigenvalue weighted by Crippen LogP contribution is 2.36. The van der Waals surface area contributed by atoms with Gasteiger partial charge in [-0.2, -0.15) is 0 Å². The van der Waals surface area contributed by atoms with E-state index in [0.717, 1.165) is 44.4 Å². The highest BCUT2D eigenvalue weighted by molar-refractivity contribution is 7.15. The van der Waals surface area contributed by atoms with E-state index < -0.39 is 0 Å². The maximum Gasteiger partial charge on any atom is 0.320 e. The van der Waals surface area contributed by atoms with Gasteiger partial charge in [0.2, 0.25) is 5.13 Å². The minimum Gasteiger partial charge on any atom is -0.343 e. The second-order valence-corrected chi connectivity index (χ2v) is 7.67. The Morgan fingerprint density at radius 1 is 1.08 bits per heavy atom. The minimum atomic E-state index is 0.166. The highest BCUT2D eigenvalue weighted by atomic mass is 32.1. The molecule has 1 aliphatic heterocycles. The maximum absolute atomic E-state index is 12.4. The van der Waals surface area contributed by atoms with Crippen LogP contribution >= 0.6 is 11.3 Å². The molecular weight excluding hydrogens is 322 g/mol. The molecule has 134 valence electrons. The largest absolute Gasteiger partial charge is 0.343 e. The van der Waals surface area contributed by atoms with E-state index in [9.17, 15) is 4.79 Å². The van der Waals surface area contributed by atoms with Gasteiger partial charge in [-0.05, 0) is 26.7 Å². The molecular formula is C17H29N5OS. The van der Waals surface area contributed by atoms with Crippen LogP contribution in [0.5, 0.6) is 0 Å². The molecule has 0 unspecified atom stereocenters. The summed E-state index contributed by atoms with van der Waals surface area (Å²) in [6.45, 7) is 8.87. The van der Waals surface area contributed by atoms with Crippen LogP contribution in [0, 0.1) is 0 Å². The number of carbonyl (C=O) groups excluding carboxylic acids is 1. The summed E-state index contributed by atoms with van der Waals surface area (Å²) in [4.78, 5) is 18.6. The summed E-state index contributed by atoms with van der Waals surface area (Å²) in [5.41, 5.74) is 0. The summed E-state index contributed by atoms with van der Waals surface area (Å²) >= 11 is 1.76. The van der Waals surface area contributed by atoms with Crippen molar-refractivity contribution < 1.29 is 4.79 Å². The molecule has 0 bridgehead atoms. The van der Waals surface area contributed by atoms with Crippen LogP contribution in [0.2, 0.25) is 0 Å². The molecule has 1 aromatic heterocycles. The van der Waals surface area contributed by atoms with E-state index >= 15 is 0 Å². The van der Waals surface area contributed by atoms with Crippen molar-refractivity contribution in [1.82, 2.24) is 20.0 Å². The van der Waals surface area contributed by atoms with Crippen LogP contribution < -0.4 is 4.90 Å². The fourth-order valence-corrected chi connectivity index (χ4v) is 4.72. The number of aromatic nitrogens is 2. The average molecular weight is 352 g/mol. The lowest BCUT2D eigenvalue weighted by atomic mass is 9.90. The van der Waals surface area contributed by atoms with Crippen LogP contribution in [0.15, 0.2) is 0 Å².